The number of aromatic nitrogens is 2. The zero-order valence-electron chi connectivity index (χ0n) is 13.7. The van der Waals surface area contributed by atoms with Gasteiger partial charge in [0.1, 0.15) is 5.82 Å². The van der Waals surface area contributed by atoms with Crippen molar-refractivity contribution in [2.45, 2.75) is 19.9 Å². The van der Waals surface area contributed by atoms with Crippen molar-refractivity contribution in [2.24, 2.45) is 7.05 Å². The highest BCUT2D eigenvalue weighted by Gasteiger charge is 2.16. The highest BCUT2D eigenvalue weighted by molar-refractivity contribution is 5.94. The van der Waals surface area contributed by atoms with E-state index in [1.807, 2.05) is 30.7 Å². The van der Waals surface area contributed by atoms with Gasteiger partial charge in [-0.2, -0.15) is 0 Å². The Hall–Kier alpha value is -2.83. The number of aryl methyl sites for hydroxylation is 2. The maximum Gasteiger partial charge on any atom is 0.266 e. The molecule has 0 fully saturated rings. The van der Waals surface area contributed by atoms with Gasteiger partial charge in [0.05, 0.1) is 22.9 Å². The Morgan fingerprint density at radius 3 is 2.72 bits per heavy atom. The van der Waals surface area contributed by atoms with E-state index in [-0.39, 0.29) is 12.1 Å². The highest BCUT2D eigenvalue weighted by atomic mass is 19.3. The average Bonchev–Trinajstić information content (AvgIpc) is 2.94. The number of benzene rings is 2. The van der Waals surface area contributed by atoms with Crippen LogP contribution in [-0.4, -0.2) is 15.5 Å². The fourth-order valence-corrected chi connectivity index (χ4v) is 2.77. The van der Waals surface area contributed by atoms with E-state index in [9.17, 15) is 18.0 Å². The molecular weight excluding hydrogens is 331 g/mol. The van der Waals surface area contributed by atoms with Crippen LogP contribution in [0.1, 0.15) is 33.5 Å². The molecule has 1 amide bonds. The van der Waals surface area contributed by atoms with E-state index < -0.39 is 23.7 Å². The molecule has 3 aromatic rings. The fraction of sp³-hybridized carbons (Fsp3) is 0.222. The van der Waals surface area contributed by atoms with Crippen molar-refractivity contribution in [1.29, 1.82) is 0 Å². The van der Waals surface area contributed by atoms with Crippen LogP contribution in [0.3, 0.4) is 0 Å². The summed E-state index contributed by atoms with van der Waals surface area (Å²) in [6.45, 7) is 2.14. The Kier molecular flexibility index (Phi) is 4.48. The van der Waals surface area contributed by atoms with E-state index >= 15 is 0 Å². The van der Waals surface area contributed by atoms with Crippen molar-refractivity contribution < 1.29 is 18.0 Å². The van der Waals surface area contributed by atoms with E-state index in [0.29, 0.717) is 0 Å². The first-order valence-electron chi connectivity index (χ1n) is 7.63. The molecule has 25 heavy (non-hydrogen) atoms. The van der Waals surface area contributed by atoms with Gasteiger partial charge in [-0.05, 0) is 36.8 Å². The predicted molar refractivity (Wildman–Crippen MR) is 88.0 cm³/mol. The molecule has 2 aromatic carbocycles. The zero-order chi connectivity index (χ0) is 18.1. The second kappa shape index (κ2) is 6.58. The molecule has 0 atom stereocenters. The number of halogens is 3. The molecule has 0 aliphatic carbocycles. The van der Waals surface area contributed by atoms with Gasteiger partial charge in [0.2, 0.25) is 0 Å². The van der Waals surface area contributed by atoms with Crippen molar-refractivity contribution in [3.8, 4) is 0 Å². The summed E-state index contributed by atoms with van der Waals surface area (Å²) in [5, 5.41) is 2.71. The minimum Gasteiger partial charge on any atom is -0.348 e. The lowest BCUT2D eigenvalue weighted by Gasteiger charge is -2.11. The molecular formula is C18H16F3N3O. The van der Waals surface area contributed by atoms with Crippen LogP contribution in [0.4, 0.5) is 13.2 Å². The largest absolute Gasteiger partial charge is 0.348 e. The number of imidazole rings is 1. The Bertz CT molecular complexity index is 950. The lowest BCUT2D eigenvalue weighted by Crippen LogP contribution is -2.23. The summed E-state index contributed by atoms with van der Waals surface area (Å²) >= 11 is 0. The molecule has 0 aliphatic rings. The molecule has 3 rings (SSSR count). The molecule has 4 nitrogen and oxygen atoms in total. The summed E-state index contributed by atoms with van der Waals surface area (Å²) in [5.74, 6) is -1.62. The van der Waals surface area contributed by atoms with Gasteiger partial charge in [0, 0.05) is 24.7 Å². The highest BCUT2D eigenvalue weighted by Crippen LogP contribution is 2.23. The first-order valence-corrected chi connectivity index (χ1v) is 7.63. The van der Waals surface area contributed by atoms with Crippen LogP contribution in [0.15, 0.2) is 36.7 Å². The first kappa shape index (κ1) is 17.0. The maximum absolute atomic E-state index is 13.6. The van der Waals surface area contributed by atoms with Crippen molar-refractivity contribution in [3.05, 3.63) is 64.7 Å². The van der Waals surface area contributed by atoms with Gasteiger partial charge in [-0.15, -0.1) is 0 Å². The average molecular weight is 347 g/mol. The van der Waals surface area contributed by atoms with Gasteiger partial charge in [-0.3, -0.25) is 4.79 Å². The molecule has 1 aromatic heterocycles. The molecule has 0 bridgehead atoms. The lowest BCUT2D eigenvalue weighted by molar-refractivity contribution is 0.0949. The summed E-state index contributed by atoms with van der Waals surface area (Å²) in [6, 6.07) is 6.76. The number of alkyl halides is 2. The van der Waals surface area contributed by atoms with Gasteiger partial charge in [-0.25, -0.2) is 18.2 Å². The number of rotatable bonds is 4. The molecule has 0 saturated heterocycles. The summed E-state index contributed by atoms with van der Waals surface area (Å²) < 4.78 is 40.7. The van der Waals surface area contributed by atoms with E-state index in [4.69, 9.17) is 0 Å². The first-order chi connectivity index (χ1) is 11.9. The molecule has 1 N–H and O–H groups in total. The predicted octanol–water partition coefficient (Wildman–Crippen LogP) is 3.89. The summed E-state index contributed by atoms with van der Waals surface area (Å²) in [4.78, 5) is 16.5. The molecule has 0 aliphatic heterocycles. The lowest BCUT2D eigenvalue weighted by atomic mass is 10.1. The fourth-order valence-electron chi connectivity index (χ4n) is 2.77. The monoisotopic (exact) mass is 347 g/mol. The third kappa shape index (κ3) is 3.22. The topological polar surface area (TPSA) is 46.9 Å². The molecule has 0 unspecified atom stereocenters. The number of hydrogen-bond donors (Lipinski definition) is 1. The molecule has 130 valence electrons. The van der Waals surface area contributed by atoms with Gasteiger partial charge < -0.3 is 9.88 Å². The number of nitrogens with zero attached hydrogens (tertiary/aromatic N) is 2. The summed E-state index contributed by atoms with van der Waals surface area (Å²) in [6.07, 6.45) is -1.23. The normalized spacial score (nSPS) is 11.3. The van der Waals surface area contributed by atoms with Crippen molar-refractivity contribution in [3.63, 3.8) is 0 Å². The van der Waals surface area contributed by atoms with Crippen LogP contribution < -0.4 is 5.32 Å². The quantitative estimate of drug-likeness (QED) is 0.778. The molecule has 0 saturated carbocycles. The number of amides is 1. The van der Waals surface area contributed by atoms with E-state index in [1.54, 1.807) is 6.33 Å². The Morgan fingerprint density at radius 2 is 2.04 bits per heavy atom. The summed E-state index contributed by atoms with van der Waals surface area (Å²) in [5.41, 5.74) is 2.87. The van der Waals surface area contributed by atoms with Crippen molar-refractivity contribution in [2.75, 3.05) is 0 Å². The molecule has 1 heterocycles. The van der Waals surface area contributed by atoms with Gasteiger partial charge in [-0.1, -0.05) is 6.07 Å². The standard InChI is InChI=1S/C18H16F3N3O/c1-10-3-6-15-16(24(2)9-23-15)13(10)8-22-18(25)11-4-5-12(17(20)21)14(19)7-11/h3-7,9,17H,8H2,1-2H3,(H,22,25). The van der Waals surface area contributed by atoms with Crippen LogP contribution in [0.5, 0.6) is 0 Å². The number of fused-ring (bicyclic) bond motifs is 1. The number of carbonyl (C=O) groups excluding carboxylic acids is 1. The van der Waals surface area contributed by atoms with Gasteiger partial charge in [0.25, 0.3) is 12.3 Å². The van der Waals surface area contributed by atoms with Crippen LogP contribution in [0.2, 0.25) is 0 Å². The number of nitrogens with one attached hydrogen (secondary N) is 1. The van der Waals surface area contributed by atoms with E-state index in [2.05, 4.69) is 10.3 Å². The van der Waals surface area contributed by atoms with Crippen LogP contribution >= 0.6 is 0 Å². The van der Waals surface area contributed by atoms with Gasteiger partial charge in [0.15, 0.2) is 0 Å². The molecule has 0 spiro atoms. The number of hydrogen-bond acceptors (Lipinski definition) is 2. The minimum absolute atomic E-state index is 0.00302. The smallest absolute Gasteiger partial charge is 0.266 e. The van der Waals surface area contributed by atoms with Crippen LogP contribution in [0, 0.1) is 12.7 Å². The third-order valence-corrected chi connectivity index (χ3v) is 4.14. The zero-order valence-corrected chi connectivity index (χ0v) is 13.7. The van der Waals surface area contributed by atoms with E-state index in [1.165, 1.54) is 6.07 Å². The van der Waals surface area contributed by atoms with Crippen molar-refractivity contribution in [1.82, 2.24) is 14.9 Å². The van der Waals surface area contributed by atoms with Crippen molar-refractivity contribution >= 4 is 16.9 Å². The Morgan fingerprint density at radius 1 is 1.28 bits per heavy atom. The third-order valence-electron chi connectivity index (χ3n) is 4.14. The second-order valence-electron chi connectivity index (χ2n) is 5.80. The van der Waals surface area contributed by atoms with E-state index in [0.717, 1.165) is 34.3 Å². The number of carbonyl (C=O) groups is 1. The van der Waals surface area contributed by atoms with Crippen LogP contribution in [-0.2, 0) is 13.6 Å². The SMILES string of the molecule is Cc1ccc2ncn(C)c2c1CNC(=O)c1ccc(C(F)F)c(F)c1. The van der Waals surface area contributed by atoms with Crippen LogP contribution in [0.25, 0.3) is 11.0 Å². The molecule has 0 radical (unpaired) electrons. The molecule has 7 heteroatoms. The summed E-state index contributed by atoms with van der Waals surface area (Å²) in [7, 11) is 1.86. The maximum atomic E-state index is 13.6. The Balaban J connectivity index is 1.83. The van der Waals surface area contributed by atoms with Gasteiger partial charge >= 0.3 is 0 Å². The minimum atomic E-state index is -2.91. The second-order valence-corrected chi connectivity index (χ2v) is 5.80. The Labute approximate surface area is 142 Å².